The van der Waals surface area contributed by atoms with Gasteiger partial charge in [0.15, 0.2) is 21.3 Å². The molecule has 28 heavy (non-hydrogen) atoms. The van der Waals surface area contributed by atoms with E-state index in [-0.39, 0.29) is 24.3 Å². The summed E-state index contributed by atoms with van der Waals surface area (Å²) >= 11 is 1.48. The van der Waals surface area contributed by atoms with Gasteiger partial charge in [-0.15, -0.1) is 11.3 Å². The summed E-state index contributed by atoms with van der Waals surface area (Å²) in [5.41, 5.74) is 2.40. The number of nitrogens with one attached hydrogen (secondary N) is 1. The van der Waals surface area contributed by atoms with E-state index in [4.69, 9.17) is 9.47 Å². The maximum atomic E-state index is 11.7. The largest absolute Gasteiger partial charge is 0.454 e. The van der Waals surface area contributed by atoms with Crippen LogP contribution in [-0.4, -0.2) is 47.7 Å². The lowest BCUT2D eigenvalue weighted by molar-refractivity contribution is 0.174. The van der Waals surface area contributed by atoms with E-state index < -0.39 is 9.84 Å². The van der Waals surface area contributed by atoms with Crippen LogP contribution in [0.4, 0.5) is 5.95 Å². The number of hydrogen-bond acceptors (Lipinski definition) is 9. The second-order valence-electron chi connectivity index (χ2n) is 6.61. The summed E-state index contributed by atoms with van der Waals surface area (Å²) < 4.78 is 34.3. The van der Waals surface area contributed by atoms with Gasteiger partial charge in [0.1, 0.15) is 10.7 Å². The predicted octanol–water partition coefficient (Wildman–Crippen LogP) is 2.59. The molecule has 5 rings (SSSR count). The number of rotatable bonds is 4. The zero-order valence-electron chi connectivity index (χ0n) is 14.7. The van der Waals surface area contributed by atoms with Crippen molar-refractivity contribution >= 4 is 27.1 Å². The van der Waals surface area contributed by atoms with E-state index in [1.165, 1.54) is 11.3 Å². The maximum Gasteiger partial charge on any atom is 0.231 e. The van der Waals surface area contributed by atoms with Crippen LogP contribution in [0.1, 0.15) is 6.42 Å². The van der Waals surface area contributed by atoms with Crippen LogP contribution in [-0.2, 0) is 9.84 Å². The Balaban J connectivity index is 1.52. The lowest BCUT2D eigenvalue weighted by Gasteiger charge is -2.13. The van der Waals surface area contributed by atoms with Crippen molar-refractivity contribution in [1.29, 1.82) is 0 Å². The first-order valence-electron chi connectivity index (χ1n) is 8.71. The van der Waals surface area contributed by atoms with Gasteiger partial charge >= 0.3 is 0 Å². The Labute approximate surface area is 165 Å². The first-order valence-corrected chi connectivity index (χ1v) is 11.4. The number of thiazole rings is 1. The summed E-state index contributed by atoms with van der Waals surface area (Å²) in [5, 5.41) is 5.80. The van der Waals surface area contributed by atoms with Crippen LogP contribution in [0.15, 0.2) is 36.0 Å². The smallest absolute Gasteiger partial charge is 0.231 e. The number of anilines is 1. The normalized spacial score (nSPS) is 19.6. The number of aromatic nitrogens is 3. The van der Waals surface area contributed by atoms with Crippen LogP contribution in [0.3, 0.4) is 0 Å². The number of fused-ring (bicyclic) bond motifs is 1. The first kappa shape index (κ1) is 17.4. The molecule has 1 saturated heterocycles. The lowest BCUT2D eigenvalue weighted by atomic mass is 10.1. The zero-order chi connectivity index (χ0) is 19.1. The van der Waals surface area contributed by atoms with E-state index in [2.05, 4.69) is 20.3 Å². The monoisotopic (exact) mass is 416 g/mol. The number of ether oxygens (including phenoxy) is 2. The standard InChI is InChI=1S/C18H16N4O4S2/c23-28(24)6-3-12(9-28)21-18-20-8-13(16(22-18)17-19-4-5-27-17)11-1-2-14-15(7-11)26-10-25-14/h1-2,4-5,7-8,12H,3,6,9-10H2,(H,20,21,22)/t12-/m1/s1. The van der Waals surface area contributed by atoms with Crippen molar-refractivity contribution in [3.63, 3.8) is 0 Å². The van der Waals surface area contributed by atoms with Crippen LogP contribution in [0.5, 0.6) is 11.5 Å². The van der Waals surface area contributed by atoms with E-state index in [1.807, 2.05) is 23.6 Å². The molecule has 3 aromatic rings. The average Bonchev–Trinajstić information content (AvgIpc) is 3.42. The average molecular weight is 416 g/mol. The van der Waals surface area contributed by atoms with Gasteiger partial charge in [0.25, 0.3) is 0 Å². The fraction of sp³-hybridized carbons (Fsp3) is 0.278. The van der Waals surface area contributed by atoms with Crippen LogP contribution in [0.25, 0.3) is 21.8 Å². The number of sulfone groups is 1. The molecule has 1 N–H and O–H groups in total. The fourth-order valence-corrected chi connectivity index (χ4v) is 5.63. The molecule has 8 nitrogen and oxygen atoms in total. The van der Waals surface area contributed by atoms with Crippen LogP contribution in [0.2, 0.25) is 0 Å². The second kappa shape index (κ2) is 6.71. The minimum absolute atomic E-state index is 0.104. The lowest BCUT2D eigenvalue weighted by Crippen LogP contribution is -2.22. The zero-order valence-corrected chi connectivity index (χ0v) is 16.3. The minimum Gasteiger partial charge on any atom is -0.454 e. The third-order valence-electron chi connectivity index (χ3n) is 4.67. The Morgan fingerprint density at radius 2 is 2.07 bits per heavy atom. The van der Waals surface area contributed by atoms with Crippen molar-refractivity contribution < 1.29 is 17.9 Å². The molecule has 0 aliphatic carbocycles. The number of benzene rings is 1. The van der Waals surface area contributed by atoms with Gasteiger partial charge in [-0.25, -0.2) is 23.4 Å². The molecule has 0 radical (unpaired) electrons. The molecule has 0 saturated carbocycles. The predicted molar refractivity (Wildman–Crippen MR) is 105 cm³/mol. The summed E-state index contributed by atoms with van der Waals surface area (Å²) in [6, 6.07) is 5.51. The van der Waals surface area contributed by atoms with Gasteiger partial charge in [0, 0.05) is 29.4 Å². The van der Waals surface area contributed by atoms with E-state index in [0.717, 1.165) is 16.1 Å². The van der Waals surface area contributed by atoms with Gasteiger partial charge in [0.2, 0.25) is 12.7 Å². The molecule has 1 fully saturated rings. The molecule has 1 aromatic carbocycles. The van der Waals surface area contributed by atoms with Gasteiger partial charge in [0.05, 0.1) is 11.5 Å². The molecular formula is C18H16N4O4S2. The molecule has 0 amide bonds. The molecule has 0 unspecified atom stereocenters. The summed E-state index contributed by atoms with van der Waals surface area (Å²) in [4.78, 5) is 13.5. The van der Waals surface area contributed by atoms with Crippen molar-refractivity contribution in [1.82, 2.24) is 15.0 Å². The number of nitrogens with zero attached hydrogens (tertiary/aromatic N) is 3. The molecule has 2 aromatic heterocycles. The molecule has 2 aliphatic rings. The Kier molecular flexibility index (Phi) is 4.17. The molecule has 144 valence electrons. The third-order valence-corrected chi connectivity index (χ3v) is 7.22. The molecule has 2 aliphatic heterocycles. The van der Waals surface area contributed by atoms with Crippen molar-refractivity contribution in [2.75, 3.05) is 23.6 Å². The van der Waals surface area contributed by atoms with Crippen LogP contribution in [0, 0.1) is 0 Å². The summed E-state index contributed by atoms with van der Waals surface area (Å²) in [6.45, 7) is 0.210. The van der Waals surface area contributed by atoms with Crippen molar-refractivity contribution in [3.8, 4) is 33.3 Å². The van der Waals surface area contributed by atoms with Gasteiger partial charge in [-0.3, -0.25) is 0 Å². The Morgan fingerprint density at radius 3 is 2.86 bits per heavy atom. The highest BCUT2D eigenvalue weighted by atomic mass is 32.2. The van der Waals surface area contributed by atoms with E-state index >= 15 is 0 Å². The molecule has 0 bridgehead atoms. The molecule has 4 heterocycles. The number of hydrogen-bond donors (Lipinski definition) is 1. The van der Waals surface area contributed by atoms with E-state index in [9.17, 15) is 8.42 Å². The fourth-order valence-electron chi connectivity index (χ4n) is 3.32. The molecule has 0 spiro atoms. The van der Waals surface area contributed by atoms with Gasteiger partial charge < -0.3 is 14.8 Å². The van der Waals surface area contributed by atoms with Gasteiger partial charge in [-0.2, -0.15) is 0 Å². The molecular weight excluding hydrogens is 400 g/mol. The van der Waals surface area contributed by atoms with Gasteiger partial charge in [-0.1, -0.05) is 6.07 Å². The highest BCUT2D eigenvalue weighted by Crippen LogP contribution is 2.39. The van der Waals surface area contributed by atoms with Crippen LogP contribution < -0.4 is 14.8 Å². The van der Waals surface area contributed by atoms with E-state index in [1.54, 1.807) is 12.4 Å². The van der Waals surface area contributed by atoms with Crippen molar-refractivity contribution in [2.45, 2.75) is 12.5 Å². The first-order chi connectivity index (χ1) is 13.6. The van der Waals surface area contributed by atoms with Gasteiger partial charge in [-0.05, 0) is 24.1 Å². The Morgan fingerprint density at radius 1 is 1.18 bits per heavy atom. The molecule has 10 heteroatoms. The Bertz CT molecular complexity index is 1130. The quantitative estimate of drug-likeness (QED) is 0.692. The second-order valence-corrected chi connectivity index (χ2v) is 9.73. The SMILES string of the molecule is O=S1(=O)CC[C@@H](Nc2ncc(-c3ccc4c(c3)OCO4)c(-c3nccs3)n2)C1. The summed E-state index contributed by atoms with van der Waals surface area (Å²) in [7, 11) is -2.98. The minimum atomic E-state index is -2.98. The topological polar surface area (TPSA) is 103 Å². The summed E-state index contributed by atoms with van der Waals surface area (Å²) in [6.07, 6.45) is 4.01. The summed E-state index contributed by atoms with van der Waals surface area (Å²) in [5.74, 6) is 2.09. The Hall–Kier alpha value is -2.72. The van der Waals surface area contributed by atoms with Crippen molar-refractivity contribution in [2.24, 2.45) is 0 Å². The highest BCUT2D eigenvalue weighted by molar-refractivity contribution is 7.91. The maximum absolute atomic E-state index is 11.7. The van der Waals surface area contributed by atoms with E-state index in [0.29, 0.717) is 29.6 Å². The third kappa shape index (κ3) is 3.29. The molecule has 1 atom stereocenters. The highest BCUT2D eigenvalue weighted by Gasteiger charge is 2.28. The van der Waals surface area contributed by atoms with Crippen molar-refractivity contribution in [3.05, 3.63) is 36.0 Å². The van der Waals surface area contributed by atoms with Crippen LogP contribution >= 0.6 is 11.3 Å².